The number of fused-ring (bicyclic) bond motifs is 1. The Kier molecular flexibility index (Phi) is 4.80. The molecule has 0 atom stereocenters. The van der Waals surface area contributed by atoms with Gasteiger partial charge in [-0.25, -0.2) is 9.97 Å². The molecule has 0 radical (unpaired) electrons. The zero-order valence-corrected chi connectivity index (χ0v) is 14.5. The molecule has 0 aliphatic carbocycles. The highest BCUT2D eigenvalue weighted by molar-refractivity contribution is 5.76. The van der Waals surface area contributed by atoms with E-state index in [1.807, 2.05) is 11.8 Å². The van der Waals surface area contributed by atoms with Crippen LogP contribution < -0.4 is 4.90 Å². The molecule has 0 aromatic carbocycles. The molecule has 2 aliphatic heterocycles. The minimum absolute atomic E-state index is 0.253. The Bertz CT molecular complexity index is 581. The number of rotatable bonds is 3. The lowest BCUT2D eigenvalue weighted by molar-refractivity contribution is -0.132. The fourth-order valence-corrected chi connectivity index (χ4v) is 3.38. The maximum Gasteiger partial charge on any atom is 0.222 e. The van der Waals surface area contributed by atoms with E-state index in [1.54, 1.807) is 0 Å². The number of amides is 1. The summed E-state index contributed by atoms with van der Waals surface area (Å²) in [4.78, 5) is 28.3. The summed E-state index contributed by atoms with van der Waals surface area (Å²) < 4.78 is 0. The van der Waals surface area contributed by atoms with E-state index in [2.05, 4.69) is 28.8 Å². The van der Waals surface area contributed by atoms with E-state index in [-0.39, 0.29) is 5.91 Å². The first-order chi connectivity index (χ1) is 11.1. The average molecular weight is 317 g/mol. The maximum absolute atomic E-state index is 12.3. The highest BCUT2D eigenvalue weighted by atomic mass is 16.2. The molecule has 126 valence electrons. The third-order valence-corrected chi connectivity index (χ3v) is 4.77. The molecule has 0 unspecified atom stereocenters. The summed E-state index contributed by atoms with van der Waals surface area (Å²) >= 11 is 0. The second kappa shape index (κ2) is 6.83. The van der Waals surface area contributed by atoms with E-state index >= 15 is 0 Å². The Morgan fingerprint density at radius 1 is 1.13 bits per heavy atom. The first-order valence-electron chi connectivity index (χ1n) is 8.66. The quantitative estimate of drug-likeness (QED) is 0.839. The van der Waals surface area contributed by atoms with Crippen molar-refractivity contribution < 1.29 is 4.79 Å². The zero-order valence-electron chi connectivity index (χ0n) is 14.5. The summed E-state index contributed by atoms with van der Waals surface area (Å²) in [6.07, 6.45) is 2.37. The van der Waals surface area contributed by atoms with Gasteiger partial charge in [-0.2, -0.15) is 0 Å². The van der Waals surface area contributed by atoms with Crippen molar-refractivity contribution in [1.29, 1.82) is 0 Å². The lowest BCUT2D eigenvalue weighted by atomic mass is 10.0. The van der Waals surface area contributed by atoms with Crippen molar-refractivity contribution in [2.45, 2.75) is 39.7 Å². The van der Waals surface area contributed by atoms with Gasteiger partial charge in [0.05, 0.1) is 12.2 Å². The van der Waals surface area contributed by atoms with Crippen molar-refractivity contribution in [1.82, 2.24) is 19.8 Å². The van der Waals surface area contributed by atoms with Crippen LogP contribution in [0.15, 0.2) is 0 Å². The van der Waals surface area contributed by atoms with Crippen LogP contribution >= 0.6 is 0 Å². The zero-order chi connectivity index (χ0) is 16.4. The van der Waals surface area contributed by atoms with Crippen LogP contribution in [0.2, 0.25) is 0 Å². The Balaban J connectivity index is 1.86. The molecule has 0 N–H and O–H groups in total. The molecule has 0 spiro atoms. The summed E-state index contributed by atoms with van der Waals surface area (Å²) in [6.45, 7) is 9.55. The van der Waals surface area contributed by atoms with Crippen molar-refractivity contribution in [3.63, 3.8) is 0 Å². The van der Waals surface area contributed by atoms with Gasteiger partial charge in [0.25, 0.3) is 0 Å². The summed E-state index contributed by atoms with van der Waals surface area (Å²) in [6, 6.07) is 0. The van der Waals surface area contributed by atoms with Gasteiger partial charge < -0.3 is 14.7 Å². The van der Waals surface area contributed by atoms with Crippen molar-refractivity contribution >= 4 is 11.7 Å². The van der Waals surface area contributed by atoms with Gasteiger partial charge in [-0.05, 0) is 20.4 Å². The molecule has 2 aliphatic rings. The Morgan fingerprint density at radius 2 is 1.87 bits per heavy atom. The van der Waals surface area contributed by atoms with Crippen LogP contribution in [0.4, 0.5) is 5.82 Å². The van der Waals surface area contributed by atoms with E-state index in [4.69, 9.17) is 4.98 Å². The Morgan fingerprint density at radius 3 is 2.57 bits per heavy atom. The minimum atomic E-state index is 0.253. The molecule has 6 nitrogen and oxygen atoms in total. The highest BCUT2D eigenvalue weighted by Gasteiger charge is 2.27. The number of aromatic nitrogens is 2. The molecule has 1 amide bonds. The highest BCUT2D eigenvalue weighted by Crippen LogP contribution is 2.27. The first kappa shape index (κ1) is 16.2. The Hall–Kier alpha value is -1.69. The number of hydrogen-bond donors (Lipinski definition) is 0. The number of likely N-dealkylation sites (N-methyl/N-ethyl adjacent to an activating group) is 1. The van der Waals surface area contributed by atoms with Crippen molar-refractivity contribution in [3.8, 4) is 0 Å². The van der Waals surface area contributed by atoms with E-state index in [1.165, 1.54) is 0 Å². The van der Waals surface area contributed by atoms with Crippen LogP contribution in [-0.2, 0) is 17.8 Å². The van der Waals surface area contributed by atoms with Crippen LogP contribution in [0.25, 0.3) is 0 Å². The van der Waals surface area contributed by atoms with Gasteiger partial charge in [0.15, 0.2) is 0 Å². The number of piperazine rings is 1. The number of nitrogens with zero attached hydrogens (tertiary/aromatic N) is 5. The van der Waals surface area contributed by atoms with Crippen LogP contribution in [0.3, 0.4) is 0 Å². The molecular formula is C17H27N5O. The number of carbonyl (C=O) groups is 1. The number of aryl methyl sites for hydroxylation is 1. The van der Waals surface area contributed by atoms with Crippen molar-refractivity contribution in [3.05, 3.63) is 17.1 Å². The Labute approximate surface area is 138 Å². The lowest BCUT2D eigenvalue weighted by Gasteiger charge is -2.37. The second-order valence-corrected chi connectivity index (χ2v) is 6.63. The summed E-state index contributed by atoms with van der Waals surface area (Å²) in [5.74, 6) is 2.14. The van der Waals surface area contributed by atoms with Crippen LogP contribution in [0.5, 0.6) is 0 Å². The number of carbonyl (C=O) groups excluding carboxylic acids is 1. The van der Waals surface area contributed by atoms with E-state index in [9.17, 15) is 4.79 Å². The molecule has 6 heteroatoms. The molecule has 1 aromatic heterocycles. The van der Waals surface area contributed by atoms with Crippen LogP contribution in [-0.4, -0.2) is 65.4 Å². The standard InChI is InChI=1S/C17H27N5O/c1-4-5-16(23)22-7-6-15-14(12-22)17(19-13(2)18-15)21-10-8-20(3)9-11-21/h4-12H2,1-3H3. The molecule has 3 rings (SSSR count). The fourth-order valence-electron chi connectivity index (χ4n) is 3.38. The van der Waals surface area contributed by atoms with E-state index in [0.717, 1.165) is 68.5 Å². The van der Waals surface area contributed by atoms with Gasteiger partial charge in [0.2, 0.25) is 5.91 Å². The van der Waals surface area contributed by atoms with Crippen molar-refractivity contribution in [2.75, 3.05) is 44.7 Å². The molecule has 0 saturated carbocycles. The monoisotopic (exact) mass is 317 g/mol. The van der Waals surface area contributed by atoms with Gasteiger partial charge in [-0.15, -0.1) is 0 Å². The van der Waals surface area contributed by atoms with Crippen LogP contribution in [0.1, 0.15) is 36.8 Å². The third kappa shape index (κ3) is 3.47. The predicted molar refractivity (Wildman–Crippen MR) is 90.5 cm³/mol. The molecule has 1 aromatic rings. The summed E-state index contributed by atoms with van der Waals surface area (Å²) in [7, 11) is 2.16. The van der Waals surface area contributed by atoms with Gasteiger partial charge in [-0.1, -0.05) is 6.92 Å². The lowest BCUT2D eigenvalue weighted by Crippen LogP contribution is -2.46. The van der Waals surface area contributed by atoms with E-state index < -0.39 is 0 Å². The second-order valence-electron chi connectivity index (χ2n) is 6.63. The third-order valence-electron chi connectivity index (χ3n) is 4.77. The molecule has 1 fully saturated rings. The van der Waals surface area contributed by atoms with E-state index in [0.29, 0.717) is 13.0 Å². The molecular weight excluding hydrogens is 290 g/mol. The topological polar surface area (TPSA) is 52.6 Å². The van der Waals surface area contributed by atoms with Crippen LogP contribution in [0, 0.1) is 6.92 Å². The smallest absolute Gasteiger partial charge is 0.222 e. The van der Waals surface area contributed by atoms with Gasteiger partial charge in [0.1, 0.15) is 11.6 Å². The van der Waals surface area contributed by atoms with Gasteiger partial charge in [0, 0.05) is 51.1 Å². The molecule has 3 heterocycles. The minimum Gasteiger partial charge on any atom is -0.354 e. The predicted octanol–water partition coefficient (Wildman–Crippen LogP) is 1.22. The summed E-state index contributed by atoms with van der Waals surface area (Å²) in [5.41, 5.74) is 2.29. The fraction of sp³-hybridized carbons (Fsp3) is 0.706. The summed E-state index contributed by atoms with van der Waals surface area (Å²) in [5, 5.41) is 0. The molecule has 23 heavy (non-hydrogen) atoms. The molecule has 0 bridgehead atoms. The maximum atomic E-state index is 12.3. The van der Waals surface area contributed by atoms with Gasteiger partial charge in [-0.3, -0.25) is 4.79 Å². The average Bonchev–Trinajstić information content (AvgIpc) is 2.54. The largest absolute Gasteiger partial charge is 0.354 e. The number of anilines is 1. The SMILES string of the molecule is CCCC(=O)N1CCc2nc(C)nc(N3CCN(C)CC3)c2C1. The van der Waals surface area contributed by atoms with Crippen molar-refractivity contribution in [2.24, 2.45) is 0 Å². The molecule has 1 saturated heterocycles. The normalized spacial score (nSPS) is 18.9. The van der Waals surface area contributed by atoms with Gasteiger partial charge >= 0.3 is 0 Å². The first-order valence-corrected chi connectivity index (χ1v) is 8.66. The number of hydrogen-bond acceptors (Lipinski definition) is 5.